The van der Waals surface area contributed by atoms with Gasteiger partial charge in [0, 0.05) is 11.5 Å². The first-order valence-corrected chi connectivity index (χ1v) is 7.11. The minimum Gasteiger partial charge on any atom is -0.508 e. The molecule has 2 N–H and O–H groups in total. The number of phenols is 2. The molecule has 2 aromatic heterocycles. The van der Waals surface area contributed by atoms with Gasteiger partial charge in [0.05, 0.1) is 16.8 Å². The maximum atomic E-state index is 10.1. The first-order chi connectivity index (χ1) is 11.1. The molecule has 0 amide bonds. The molecule has 5 heteroatoms. The largest absolute Gasteiger partial charge is 0.508 e. The minimum absolute atomic E-state index is 0.0206. The van der Waals surface area contributed by atoms with Crippen molar-refractivity contribution in [3.05, 3.63) is 54.2 Å². The molecule has 0 fully saturated rings. The number of hydrogen-bond acceptors (Lipinski definition) is 5. The quantitative estimate of drug-likeness (QED) is 0.571. The summed E-state index contributed by atoms with van der Waals surface area (Å²) in [6.07, 6.45) is 0. The Hall–Kier alpha value is -3.21. The molecule has 0 radical (unpaired) electrons. The van der Waals surface area contributed by atoms with Crippen molar-refractivity contribution < 1.29 is 19.2 Å². The summed E-state index contributed by atoms with van der Waals surface area (Å²) in [6, 6.07) is 13.9. The molecule has 2 aromatic carbocycles. The second kappa shape index (κ2) is 4.91. The van der Waals surface area contributed by atoms with Crippen molar-refractivity contribution in [3.63, 3.8) is 0 Å². The molecule has 0 saturated carbocycles. The van der Waals surface area contributed by atoms with E-state index in [1.807, 2.05) is 37.3 Å². The SMILES string of the molecule is Cc1noc(-c2ccc(O)cc2O)c1-c1cc2ccccc2o1. The second-order valence-corrected chi connectivity index (χ2v) is 5.32. The average molecular weight is 307 g/mol. The molecule has 0 aliphatic carbocycles. The summed E-state index contributed by atoms with van der Waals surface area (Å²) in [5.41, 5.74) is 2.55. The summed E-state index contributed by atoms with van der Waals surface area (Å²) in [6.45, 7) is 1.81. The normalized spacial score (nSPS) is 11.2. The number of benzene rings is 2. The lowest BCUT2D eigenvalue weighted by atomic mass is 10.0. The standard InChI is InChI=1S/C18H13NO4/c1-10-17(16-8-11-4-2-3-5-15(11)22-16)18(23-19-10)13-7-6-12(20)9-14(13)21/h2-9,20-21H,1H3. The molecule has 0 aliphatic heterocycles. The van der Waals surface area contributed by atoms with Gasteiger partial charge in [0.25, 0.3) is 0 Å². The van der Waals surface area contributed by atoms with E-state index >= 15 is 0 Å². The van der Waals surface area contributed by atoms with E-state index in [2.05, 4.69) is 5.16 Å². The third-order valence-corrected chi connectivity index (χ3v) is 3.76. The number of aryl methyl sites for hydroxylation is 1. The topological polar surface area (TPSA) is 79.6 Å². The Labute approximate surface area is 131 Å². The molecule has 0 unspecified atom stereocenters. The third-order valence-electron chi connectivity index (χ3n) is 3.76. The zero-order chi connectivity index (χ0) is 16.0. The fraction of sp³-hybridized carbons (Fsp3) is 0.0556. The molecular weight excluding hydrogens is 294 g/mol. The fourth-order valence-electron chi connectivity index (χ4n) is 2.66. The summed E-state index contributed by atoms with van der Waals surface area (Å²) in [5.74, 6) is 0.915. The second-order valence-electron chi connectivity index (χ2n) is 5.32. The predicted molar refractivity (Wildman–Crippen MR) is 85.2 cm³/mol. The molecule has 0 atom stereocenters. The molecule has 0 bridgehead atoms. The van der Waals surface area contributed by atoms with Gasteiger partial charge >= 0.3 is 0 Å². The van der Waals surface area contributed by atoms with Crippen molar-refractivity contribution >= 4 is 11.0 Å². The van der Waals surface area contributed by atoms with E-state index in [1.165, 1.54) is 12.1 Å². The van der Waals surface area contributed by atoms with Crippen molar-refractivity contribution in [2.75, 3.05) is 0 Å². The molecule has 2 heterocycles. The molecule has 0 saturated heterocycles. The third kappa shape index (κ3) is 2.14. The van der Waals surface area contributed by atoms with Crippen molar-refractivity contribution in [2.24, 2.45) is 0 Å². The highest BCUT2D eigenvalue weighted by Crippen LogP contribution is 2.41. The maximum absolute atomic E-state index is 10.1. The number of phenolic OH excluding ortho intramolecular Hbond substituents is 2. The zero-order valence-electron chi connectivity index (χ0n) is 12.3. The van der Waals surface area contributed by atoms with Crippen molar-refractivity contribution in [3.8, 4) is 34.1 Å². The predicted octanol–water partition coefficient (Wildman–Crippen LogP) is 4.47. The molecule has 4 aromatic rings. The molecular formula is C18H13NO4. The van der Waals surface area contributed by atoms with Crippen LogP contribution in [0.5, 0.6) is 11.5 Å². The van der Waals surface area contributed by atoms with E-state index in [0.29, 0.717) is 28.3 Å². The van der Waals surface area contributed by atoms with Crippen LogP contribution in [0.15, 0.2) is 57.5 Å². The summed E-state index contributed by atoms with van der Waals surface area (Å²) >= 11 is 0. The molecule has 4 rings (SSSR count). The first-order valence-electron chi connectivity index (χ1n) is 7.11. The molecule has 5 nitrogen and oxygen atoms in total. The Morgan fingerprint density at radius 3 is 2.61 bits per heavy atom. The van der Waals surface area contributed by atoms with Crippen LogP contribution in [-0.2, 0) is 0 Å². The number of aromatic hydroxyl groups is 2. The van der Waals surface area contributed by atoms with Crippen LogP contribution in [0.25, 0.3) is 33.6 Å². The number of para-hydroxylation sites is 1. The molecule has 0 aliphatic rings. The van der Waals surface area contributed by atoms with Gasteiger partial charge in [-0.1, -0.05) is 23.4 Å². The highest BCUT2D eigenvalue weighted by molar-refractivity contribution is 5.88. The van der Waals surface area contributed by atoms with Crippen molar-refractivity contribution in [1.29, 1.82) is 0 Å². The summed E-state index contributed by atoms with van der Waals surface area (Å²) in [5, 5.41) is 24.5. The highest BCUT2D eigenvalue weighted by Gasteiger charge is 2.22. The number of fused-ring (bicyclic) bond motifs is 1. The van der Waals surface area contributed by atoms with Crippen LogP contribution in [0.2, 0.25) is 0 Å². The van der Waals surface area contributed by atoms with Crippen LogP contribution in [-0.4, -0.2) is 15.4 Å². The van der Waals surface area contributed by atoms with Crippen LogP contribution in [0.4, 0.5) is 0 Å². The Balaban J connectivity index is 1.94. The molecule has 114 valence electrons. The van der Waals surface area contributed by atoms with Gasteiger partial charge in [0.2, 0.25) is 0 Å². The average Bonchev–Trinajstić information content (AvgIpc) is 3.10. The van der Waals surface area contributed by atoms with Crippen LogP contribution < -0.4 is 0 Å². The van der Waals surface area contributed by atoms with Gasteiger partial charge < -0.3 is 19.2 Å². The lowest BCUT2D eigenvalue weighted by Gasteiger charge is -2.03. The van der Waals surface area contributed by atoms with Crippen LogP contribution in [0.3, 0.4) is 0 Å². The number of hydrogen-bond donors (Lipinski definition) is 2. The number of furan rings is 1. The zero-order valence-corrected chi connectivity index (χ0v) is 12.3. The van der Waals surface area contributed by atoms with Crippen LogP contribution in [0.1, 0.15) is 5.69 Å². The van der Waals surface area contributed by atoms with E-state index in [4.69, 9.17) is 8.94 Å². The van der Waals surface area contributed by atoms with Crippen LogP contribution >= 0.6 is 0 Å². The summed E-state index contributed by atoms with van der Waals surface area (Å²) < 4.78 is 11.3. The number of nitrogens with zero attached hydrogens (tertiary/aromatic N) is 1. The monoisotopic (exact) mass is 307 g/mol. The van der Waals surface area contributed by atoms with Gasteiger partial charge in [0.1, 0.15) is 22.8 Å². The van der Waals surface area contributed by atoms with Gasteiger partial charge in [-0.2, -0.15) is 0 Å². The Kier molecular flexibility index (Phi) is 2.87. The van der Waals surface area contributed by atoms with E-state index in [-0.39, 0.29) is 11.5 Å². The van der Waals surface area contributed by atoms with Gasteiger partial charge in [-0.25, -0.2) is 0 Å². The number of rotatable bonds is 2. The smallest absolute Gasteiger partial charge is 0.181 e. The van der Waals surface area contributed by atoms with Crippen molar-refractivity contribution in [1.82, 2.24) is 5.16 Å². The van der Waals surface area contributed by atoms with Gasteiger partial charge in [0.15, 0.2) is 5.76 Å². The number of aromatic nitrogens is 1. The van der Waals surface area contributed by atoms with Gasteiger partial charge in [-0.15, -0.1) is 0 Å². The Morgan fingerprint density at radius 1 is 1.00 bits per heavy atom. The Bertz CT molecular complexity index is 980. The van der Waals surface area contributed by atoms with Gasteiger partial charge in [-0.3, -0.25) is 0 Å². The fourth-order valence-corrected chi connectivity index (χ4v) is 2.66. The lowest BCUT2D eigenvalue weighted by Crippen LogP contribution is -1.82. The lowest BCUT2D eigenvalue weighted by molar-refractivity contribution is 0.420. The van der Waals surface area contributed by atoms with Gasteiger partial charge in [-0.05, 0) is 31.2 Å². The summed E-state index contributed by atoms with van der Waals surface area (Å²) in [4.78, 5) is 0. The Morgan fingerprint density at radius 2 is 1.83 bits per heavy atom. The van der Waals surface area contributed by atoms with E-state index in [1.54, 1.807) is 6.07 Å². The van der Waals surface area contributed by atoms with Crippen LogP contribution in [0, 0.1) is 6.92 Å². The summed E-state index contributed by atoms with van der Waals surface area (Å²) in [7, 11) is 0. The molecule has 23 heavy (non-hydrogen) atoms. The highest BCUT2D eigenvalue weighted by atomic mass is 16.5. The minimum atomic E-state index is -0.0847. The van der Waals surface area contributed by atoms with E-state index < -0.39 is 0 Å². The first kappa shape index (κ1) is 13.5. The van der Waals surface area contributed by atoms with E-state index in [0.717, 1.165) is 11.0 Å². The van der Waals surface area contributed by atoms with Crippen molar-refractivity contribution in [2.45, 2.75) is 6.92 Å². The molecule has 0 spiro atoms. The maximum Gasteiger partial charge on any atom is 0.181 e. The van der Waals surface area contributed by atoms with E-state index in [9.17, 15) is 10.2 Å².